The Morgan fingerprint density at radius 1 is 1.23 bits per heavy atom. The van der Waals surface area contributed by atoms with Crippen LogP contribution < -0.4 is 9.64 Å². The van der Waals surface area contributed by atoms with E-state index < -0.39 is 6.10 Å². The molecule has 138 valence electrons. The fourth-order valence-corrected chi connectivity index (χ4v) is 3.47. The van der Waals surface area contributed by atoms with Crippen LogP contribution in [-0.4, -0.2) is 71.7 Å². The highest BCUT2D eigenvalue weighted by Crippen LogP contribution is 2.32. The first-order chi connectivity index (χ1) is 12.6. The summed E-state index contributed by atoms with van der Waals surface area (Å²) in [5.41, 5.74) is 1.02. The van der Waals surface area contributed by atoms with Crippen molar-refractivity contribution in [1.82, 2.24) is 19.9 Å². The molecule has 0 bridgehead atoms. The molecule has 1 fully saturated rings. The van der Waals surface area contributed by atoms with E-state index in [1.165, 1.54) is 0 Å². The van der Waals surface area contributed by atoms with Crippen molar-refractivity contribution in [1.29, 1.82) is 0 Å². The van der Waals surface area contributed by atoms with E-state index in [-0.39, 0.29) is 5.91 Å². The van der Waals surface area contributed by atoms with Crippen LogP contribution in [0.3, 0.4) is 0 Å². The lowest BCUT2D eigenvalue weighted by molar-refractivity contribution is -0.140. The maximum absolute atomic E-state index is 12.9. The molecule has 1 saturated heterocycles. The van der Waals surface area contributed by atoms with Gasteiger partial charge in [0, 0.05) is 40.2 Å². The van der Waals surface area contributed by atoms with E-state index in [9.17, 15) is 4.79 Å². The lowest BCUT2D eigenvalue weighted by Crippen LogP contribution is -2.55. The predicted octanol–water partition coefficient (Wildman–Crippen LogP) is 0.920. The molecule has 1 aromatic carbocycles. The van der Waals surface area contributed by atoms with Gasteiger partial charge in [0.15, 0.2) is 11.9 Å². The summed E-state index contributed by atoms with van der Waals surface area (Å²) >= 11 is 0. The standard InChI is InChI=1S/C18H23N5O3/c1-13-19-17(20-26-13)12-22-7-9-23(10-8-22)18(24)16-11-21(2)14-5-3-4-6-15(14)25-16/h3-6,16H,7-12H2,1-2H3. The fourth-order valence-electron chi connectivity index (χ4n) is 3.47. The maximum Gasteiger partial charge on any atom is 0.265 e. The van der Waals surface area contributed by atoms with Gasteiger partial charge in [-0.25, -0.2) is 0 Å². The van der Waals surface area contributed by atoms with E-state index in [4.69, 9.17) is 9.26 Å². The number of likely N-dealkylation sites (N-methyl/N-ethyl adjacent to an activating group) is 1. The van der Waals surface area contributed by atoms with Crippen LogP contribution in [0.1, 0.15) is 11.7 Å². The number of benzene rings is 1. The van der Waals surface area contributed by atoms with Crippen molar-refractivity contribution < 1.29 is 14.1 Å². The Hall–Kier alpha value is -2.61. The number of aryl methyl sites for hydroxylation is 1. The third kappa shape index (κ3) is 3.37. The molecule has 4 rings (SSSR count). The number of ether oxygens (including phenoxy) is 1. The van der Waals surface area contributed by atoms with Gasteiger partial charge < -0.3 is 19.1 Å². The molecule has 1 aromatic heterocycles. The number of rotatable bonds is 3. The van der Waals surface area contributed by atoms with Gasteiger partial charge in [-0.3, -0.25) is 9.69 Å². The molecule has 0 aliphatic carbocycles. The molecule has 2 aliphatic heterocycles. The Morgan fingerprint density at radius 3 is 2.73 bits per heavy atom. The molecule has 8 nitrogen and oxygen atoms in total. The first-order valence-corrected chi connectivity index (χ1v) is 8.87. The van der Waals surface area contributed by atoms with E-state index >= 15 is 0 Å². The van der Waals surface area contributed by atoms with Gasteiger partial charge in [-0.05, 0) is 12.1 Å². The molecule has 0 N–H and O–H groups in total. The fraction of sp³-hybridized carbons (Fsp3) is 0.500. The van der Waals surface area contributed by atoms with Gasteiger partial charge in [0.2, 0.25) is 5.89 Å². The molecule has 8 heteroatoms. The minimum absolute atomic E-state index is 0.0569. The number of para-hydroxylation sites is 2. The Bertz CT molecular complexity index is 785. The number of fused-ring (bicyclic) bond motifs is 1. The van der Waals surface area contributed by atoms with Crippen LogP contribution in [0.15, 0.2) is 28.8 Å². The largest absolute Gasteiger partial charge is 0.477 e. The van der Waals surface area contributed by atoms with Crippen LogP contribution in [-0.2, 0) is 11.3 Å². The average molecular weight is 357 g/mol. The molecular weight excluding hydrogens is 334 g/mol. The Morgan fingerprint density at radius 2 is 2.00 bits per heavy atom. The van der Waals surface area contributed by atoms with Crippen LogP contribution in [0.25, 0.3) is 0 Å². The number of nitrogens with zero attached hydrogens (tertiary/aromatic N) is 5. The van der Waals surface area contributed by atoms with Crippen molar-refractivity contribution in [2.24, 2.45) is 0 Å². The van der Waals surface area contributed by atoms with Gasteiger partial charge in [-0.2, -0.15) is 4.98 Å². The van der Waals surface area contributed by atoms with Crippen molar-refractivity contribution in [2.45, 2.75) is 19.6 Å². The molecule has 3 heterocycles. The smallest absolute Gasteiger partial charge is 0.265 e. The Labute approximate surface area is 152 Å². The topological polar surface area (TPSA) is 74.9 Å². The molecule has 2 aromatic rings. The minimum atomic E-state index is -0.457. The minimum Gasteiger partial charge on any atom is -0.477 e. The lowest BCUT2D eigenvalue weighted by atomic mass is 10.1. The normalized spacial score (nSPS) is 20.6. The number of aromatic nitrogens is 2. The summed E-state index contributed by atoms with van der Waals surface area (Å²) in [5.74, 6) is 2.09. The summed E-state index contributed by atoms with van der Waals surface area (Å²) in [6.45, 7) is 5.94. The quantitative estimate of drug-likeness (QED) is 0.808. The Balaban J connectivity index is 1.34. The van der Waals surface area contributed by atoms with Gasteiger partial charge in [0.1, 0.15) is 5.75 Å². The van der Waals surface area contributed by atoms with E-state index in [2.05, 4.69) is 19.9 Å². The zero-order valence-electron chi connectivity index (χ0n) is 15.1. The van der Waals surface area contributed by atoms with Gasteiger partial charge >= 0.3 is 0 Å². The van der Waals surface area contributed by atoms with Crippen LogP contribution >= 0.6 is 0 Å². The van der Waals surface area contributed by atoms with Crippen molar-refractivity contribution in [2.75, 3.05) is 44.7 Å². The summed E-state index contributed by atoms with van der Waals surface area (Å²) in [5, 5.41) is 3.93. The Kier molecular flexibility index (Phi) is 4.50. The van der Waals surface area contributed by atoms with Crippen molar-refractivity contribution in [3.05, 3.63) is 36.0 Å². The number of amides is 1. The van der Waals surface area contributed by atoms with Crippen LogP contribution in [0, 0.1) is 6.92 Å². The highest BCUT2D eigenvalue weighted by molar-refractivity contribution is 5.83. The third-order valence-electron chi connectivity index (χ3n) is 4.88. The first kappa shape index (κ1) is 16.8. The SMILES string of the molecule is Cc1nc(CN2CCN(C(=O)C3CN(C)c4ccccc4O3)CC2)no1. The number of piperazine rings is 1. The van der Waals surface area contributed by atoms with Crippen molar-refractivity contribution in [3.8, 4) is 5.75 Å². The monoisotopic (exact) mass is 357 g/mol. The van der Waals surface area contributed by atoms with E-state index in [0.29, 0.717) is 37.9 Å². The summed E-state index contributed by atoms with van der Waals surface area (Å²) in [6, 6.07) is 7.83. The van der Waals surface area contributed by atoms with Gasteiger partial charge in [-0.1, -0.05) is 17.3 Å². The van der Waals surface area contributed by atoms with E-state index in [0.717, 1.165) is 24.5 Å². The highest BCUT2D eigenvalue weighted by atomic mass is 16.5. The third-order valence-corrected chi connectivity index (χ3v) is 4.88. The zero-order valence-corrected chi connectivity index (χ0v) is 15.1. The molecule has 0 spiro atoms. The second kappa shape index (κ2) is 6.95. The van der Waals surface area contributed by atoms with Crippen LogP contribution in [0.4, 0.5) is 5.69 Å². The van der Waals surface area contributed by atoms with Crippen LogP contribution in [0.5, 0.6) is 5.75 Å². The summed E-state index contributed by atoms with van der Waals surface area (Å²) in [6.07, 6.45) is -0.457. The molecule has 1 unspecified atom stereocenters. The van der Waals surface area contributed by atoms with Crippen LogP contribution in [0.2, 0.25) is 0 Å². The predicted molar refractivity (Wildman–Crippen MR) is 95.0 cm³/mol. The molecule has 2 aliphatic rings. The average Bonchev–Trinajstić information content (AvgIpc) is 3.06. The van der Waals surface area contributed by atoms with Crippen molar-refractivity contribution in [3.63, 3.8) is 0 Å². The summed E-state index contributed by atoms with van der Waals surface area (Å²) < 4.78 is 11.0. The molecular formula is C18H23N5O3. The maximum atomic E-state index is 12.9. The lowest BCUT2D eigenvalue weighted by Gasteiger charge is -2.38. The van der Waals surface area contributed by atoms with E-state index in [1.54, 1.807) is 6.92 Å². The molecule has 26 heavy (non-hydrogen) atoms. The number of carbonyl (C=O) groups excluding carboxylic acids is 1. The molecule has 0 saturated carbocycles. The highest BCUT2D eigenvalue weighted by Gasteiger charge is 2.33. The number of hydrogen-bond acceptors (Lipinski definition) is 7. The second-order valence-electron chi connectivity index (χ2n) is 6.79. The van der Waals surface area contributed by atoms with E-state index in [1.807, 2.05) is 36.2 Å². The number of carbonyl (C=O) groups is 1. The molecule has 1 amide bonds. The van der Waals surface area contributed by atoms with Gasteiger partial charge in [-0.15, -0.1) is 0 Å². The summed E-state index contributed by atoms with van der Waals surface area (Å²) in [4.78, 5) is 23.3. The zero-order chi connectivity index (χ0) is 18.1. The molecule has 0 radical (unpaired) electrons. The second-order valence-corrected chi connectivity index (χ2v) is 6.79. The first-order valence-electron chi connectivity index (χ1n) is 8.87. The van der Waals surface area contributed by atoms with Crippen molar-refractivity contribution >= 4 is 11.6 Å². The number of hydrogen-bond donors (Lipinski definition) is 0. The molecule has 1 atom stereocenters. The number of anilines is 1. The van der Waals surface area contributed by atoms with Gasteiger partial charge in [0.05, 0.1) is 18.8 Å². The van der Waals surface area contributed by atoms with Gasteiger partial charge in [0.25, 0.3) is 5.91 Å². The summed E-state index contributed by atoms with van der Waals surface area (Å²) in [7, 11) is 1.99.